The van der Waals surface area contributed by atoms with Crippen molar-refractivity contribution in [1.29, 1.82) is 0 Å². The molecule has 0 aliphatic rings. The number of thiazole rings is 1. The number of sulfone groups is 1. The zero-order valence-electron chi connectivity index (χ0n) is 11.6. The second-order valence-electron chi connectivity index (χ2n) is 4.61. The van der Waals surface area contributed by atoms with Crippen LogP contribution in [0.3, 0.4) is 0 Å². The Balaban J connectivity index is 2.24. The van der Waals surface area contributed by atoms with Gasteiger partial charge in [0.05, 0.1) is 10.6 Å². The zero-order chi connectivity index (χ0) is 15.0. The maximum Gasteiger partial charge on any atom is 0.180 e. The van der Waals surface area contributed by atoms with E-state index in [0.29, 0.717) is 10.7 Å². The van der Waals surface area contributed by atoms with Gasteiger partial charge in [-0.3, -0.25) is 4.98 Å². The summed E-state index contributed by atoms with van der Waals surface area (Å²) in [7, 11) is -3.34. The minimum absolute atomic E-state index is 0.0357. The number of rotatable bonds is 3. The number of aryl methyl sites for hydroxylation is 1. The molecule has 3 aromatic rings. The van der Waals surface area contributed by atoms with Gasteiger partial charge >= 0.3 is 0 Å². The molecule has 0 amide bonds. The summed E-state index contributed by atoms with van der Waals surface area (Å²) in [4.78, 5) is 14.0. The van der Waals surface area contributed by atoms with Gasteiger partial charge in [0.1, 0.15) is 21.0 Å². The number of hydrogen-bond acceptors (Lipinski definition) is 6. The molecule has 0 saturated heterocycles. The van der Waals surface area contributed by atoms with Gasteiger partial charge in [-0.25, -0.2) is 18.4 Å². The molecule has 0 spiro atoms. The molecule has 0 saturated carbocycles. The molecule has 0 aliphatic carbocycles. The van der Waals surface area contributed by atoms with Crippen molar-refractivity contribution < 1.29 is 8.42 Å². The largest absolute Gasteiger partial charge is 0.252 e. The Morgan fingerprint density at radius 3 is 2.86 bits per heavy atom. The Labute approximate surface area is 126 Å². The van der Waals surface area contributed by atoms with Crippen molar-refractivity contribution in [2.45, 2.75) is 18.7 Å². The average molecular weight is 319 g/mol. The third kappa shape index (κ3) is 2.54. The molecule has 3 rings (SSSR count). The van der Waals surface area contributed by atoms with E-state index < -0.39 is 9.84 Å². The van der Waals surface area contributed by atoms with E-state index in [1.807, 2.05) is 13.0 Å². The molecule has 0 radical (unpaired) electrons. The number of pyridine rings is 2. The second-order valence-corrected chi connectivity index (χ2v) is 7.83. The summed E-state index contributed by atoms with van der Waals surface area (Å²) in [5.74, 6) is 0.0357. The maximum atomic E-state index is 12.2. The maximum absolute atomic E-state index is 12.2. The molecule has 7 heteroatoms. The second kappa shape index (κ2) is 5.16. The van der Waals surface area contributed by atoms with Gasteiger partial charge < -0.3 is 0 Å². The van der Waals surface area contributed by atoms with Crippen LogP contribution in [0.4, 0.5) is 0 Å². The monoisotopic (exact) mass is 319 g/mol. The van der Waals surface area contributed by atoms with Crippen molar-refractivity contribution >= 4 is 31.5 Å². The van der Waals surface area contributed by atoms with Crippen LogP contribution in [0.1, 0.15) is 12.5 Å². The van der Waals surface area contributed by atoms with Crippen molar-refractivity contribution in [2.24, 2.45) is 0 Å². The minimum Gasteiger partial charge on any atom is -0.252 e. The van der Waals surface area contributed by atoms with E-state index in [9.17, 15) is 8.42 Å². The van der Waals surface area contributed by atoms with Crippen LogP contribution in [-0.2, 0) is 9.84 Å². The normalized spacial score (nSPS) is 11.9. The van der Waals surface area contributed by atoms with Crippen molar-refractivity contribution in [3.8, 4) is 10.7 Å². The molecular formula is C14H13N3O2S2. The third-order valence-electron chi connectivity index (χ3n) is 3.07. The van der Waals surface area contributed by atoms with E-state index in [-0.39, 0.29) is 10.6 Å². The van der Waals surface area contributed by atoms with E-state index in [4.69, 9.17) is 0 Å². The number of nitrogens with zero attached hydrogens (tertiary/aromatic N) is 3. The van der Waals surface area contributed by atoms with Gasteiger partial charge in [-0.1, -0.05) is 18.3 Å². The molecule has 3 aromatic heterocycles. The van der Waals surface area contributed by atoms with Crippen LogP contribution in [0.2, 0.25) is 0 Å². The lowest BCUT2D eigenvalue weighted by Gasteiger charge is -2.05. The molecule has 21 heavy (non-hydrogen) atoms. The van der Waals surface area contributed by atoms with Crippen molar-refractivity contribution in [3.63, 3.8) is 0 Å². The first kappa shape index (κ1) is 14.1. The zero-order valence-corrected chi connectivity index (χ0v) is 13.2. The van der Waals surface area contributed by atoms with Gasteiger partial charge in [0, 0.05) is 12.4 Å². The van der Waals surface area contributed by atoms with Gasteiger partial charge in [-0.05, 0) is 30.7 Å². The van der Waals surface area contributed by atoms with E-state index >= 15 is 0 Å². The standard InChI is InChI=1S/C14H13N3O2S2/c1-3-21(18,19)11-5-4-6-15-12(11)14-17-10-7-9(2)8-16-13(10)20-14/h4-8H,3H2,1-2H3. The first-order valence-corrected chi connectivity index (χ1v) is 8.89. The van der Waals surface area contributed by atoms with E-state index in [1.54, 1.807) is 31.5 Å². The van der Waals surface area contributed by atoms with Crippen LogP contribution >= 0.6 is 11.3 Å². The number of aromatic nitrogens is 3. The Kier molecular flexibility index (Phi) is 3.46. The Morgan fingerprint density at radius 1 is 1.29 bits per heavy atom. The summed E-state index contributed by atoms with van der Waals surface area (Å²) in [6, 6.07) is 5.13. The molecule has 0 atom stereocenters. The Hall–Kier alpha value is -1.86. The minimum atomic E-state index is -3.34. The molecule has 0 bridgehead atoms. The SMILES string of the molecule is CCS(=O)(=O)c1cccnc1-c1nc2cc(C)cnc2s1. The van der Waals surface area contributed by atoms with E-state index in [1.165, 1.54) is 11.3 Å². The lowest BCUT2D eigenvalue weighted by Crippen LogP contribution is -2.06. The molecular weight excluding hydrogens is 306 g/mol. The highest BCUT2D eigenvalue weighted by molar-refractivity contribution is 7.91. The van der Waals surface area contributed by atoms with Crippen LogP contribution < -0.4 is 0 Å². The van der Waals surface area contributed by atoms with E-state index in [2.05, 4.69) is 15.0 Å². The average Bonchev–Trinajstić information content (AvgIpc) is 2.90. The van der Waals surface area contributed by atoms with Gasteiger partial charge in [-0.2, -0.15) is 0 Å². The first-order valence-electron chi connectivity index (χ1n) is 6.42. The molecule has 0 fully saturated rings. The molecule has 5 nitrogen and oxygen atoms in total. The van der Waals surface area contributed by atoms with Crippen molar-refractivity contribution in [3.05, 3.63) is 36.2 Å². The molecule has 0 aromatic carbocycles. The summed E-state index contributed by atoms with van der Waals surface area (Å²) in [6.45, 7) is 3.56. The highest BCUT2D eigenvalue weighted by Gasteiger charge is 2.21. The van der Waals surface area contributed by atoms with Crippen LogP contribution in [0.15, 0.2) is 35.5 Å². The summed E-state index contributed by atoms with van der Waals surface area (Å²) < 4.78 is 24.4. The lowest BCUT2D eigenvalue weighted by molar-refractivity contribution is 0.597. The number of fused-ring (bicyclic) bond motifs is 1. The third-order valence-corrected chi connectivity index (χ3v) is 5.82. The molecule has 3 heterocycles. The summed E-state index contributed by atoms with van der Waals surface area (Å²) in [6.07, 6.45) is 3.35. The summed E-state index contributed by atoms with van der Waals surface area (Å²) in [5, 5.41) is 0.579. The molecule has 0 unspecified atom stereocenters. The van der Waals surface area contributed by atoms with Crippen molar-refractivity contribution in [1.82, 2.24) is 15.0 Å². The fourth-order valence-electron chi connectivity index (χ4n) is 1.98. The predicted octanol–water partition coefficient (Wildman–Crippen LogP) is 2.86. The van der Waals surface area contributed by atoms with Gasteiger partial charge in [0.25, 0.3) is 0 Å². The van der Waals surface area contributed by atoms with Gasteiger partial charge in [-0.15, -0.1) is 0 Å². The summed E-state index contributed by atoms with van der Waals surface area (Å²) in [5.41, 5.74) is 2.18. The first-order chi connectivity index (χ1) is 10.0. The van der Waals surface area contributed by atoms with Crippen LogP contribution in [0, 0.1) is 6.92 Å². The lowest BCUT2D eigenvalue weighted by atomic mass is 10.3. The fourth-order valence-corrected chi connectivity index (χ4v) is 3.99. The molecule has 108 valence electrons. The topological polar surface area (TPSA) is 72.8 Å². The van der Waals surface area contributed by atoms with E-state index in [0.717, 1.165) is 15.9 Å². The molecule has 0 aliphatic heterocycles. The Bertz CT molecular complexity index is 917. The number of hydrogen-bond donors (Lipinski definition) is 0. The highest BCUT2D eigenvalue weighted by Crippen LogP contribution is 2.32. The van der Waals surface area contributed by atoms with Crippen molar-refractivity contribution in [2.75, 3.05) is 5.75 Å². The summed E-state index contributed by atoms with van der Waals surface area (Å²) >= 11 is 1.35. The van der Waals surface area contributed by atoms with Gasteiger partial charge in [0.2, 0.25) is 0 Å². The highest BCUT2D eigenvalue weighted by atomic mass is 32.2. The quantitative estimate of drug-likeness (QED) is 0.742. The van der Waals surface area contributed by atoms with Crippen LogP contribution in [0.25, 0.3) is 21.0 Å². The Morgan fingerprint density at radius 2 is 2.10 bits per heavy atom. The predicted molar refractivity (Wildman–Crippen MR) is 83.1 cm³/mol. The van der Waals surface area contributed by atoms with Gasteiger partial charge in [0.15, 0.2) is 9.84 Å². The fraction of sp³-hybridized carbons (Fsp3) is 0.214. The van der Waals surface area contributed by atoms with Crippen LogP contribution in [-0.4, -0.2) is 29.1 Å². The molecule has 0 N–H and O–H groups in total. The van der Waals surface area contributed by atoms with Crippen LogP contribution in [0.5, 0.6) is 0 Å². The smallest absolute Gasteiger partial charge is 0.180 e.